The molecule has 2 atom stereocenters. The van der Waals surface area contributed by atoms with Crippen LogP contribution in [0.25, 0.3) is 0 Å². The highest BCUT2D eigenvalue weighted by Gasteiger charge is 2.46. The molecule has 3 aliphatic carbocycles. The van der Waals surface area contributed by atoms with E-state index in [0.29, 0.717) is 18.4 Å². The minimum atomic E-state index is -3.10. The van der Waals surface area contributed by atoms with Crippen LogP contribution in [-0.4, -0.2) is 24.0 Å². The van der Waals surface area contributed by atoms with E-state index in [1.165, 1.54) is 6.42 Å². The Labute approximate surface area is 120 Å². The van der Waals surface area contributed by atoms with Crippen LogP contribution in [0.1, 0.15) is 56.5 Å². The average molecular weight is 295 g/mol. The van der Waals surface area contributed by atoms with Crippen molar-refractivity contribution in [2.24, 2.45) is 5.92 Å². The van der Waals surface area contributed by atoms with Crippen molar-refractivity contribution in [1.82, 2.24) is 4.31 Å². The fourth-order valence-corrected chi connectivity index (χ4v) is 4.95. The SMILES string of the molecule is C[C@@H]1C[C@H]1c1ccc(CN(C2CC2)S(=O)(=O)C2CC2)o1. The number of hydrogen-bond donors (Lipinski definition) is 0. The van der Waals surface area contributed by atoms with Crippen molar-refractivity contribution in [3.05, 3.63) is 23.7 Å². The molecule has 0 spiro atoms. The number of nitrogens with zero attached hydrogens (tertiary/aromatic N) is 1. The molecule has 0 aliphatic heterocycles. The molecule has 0 unspecified atom stereocenters. The van der Waals surface area contributed by atoms with Gasteiger partial charge in [0, 0.05) is 12.0 Å². The van der Waals surface area contributed by atoms with Crippen molar-refractivity contribution in [2.75, 3.05) is 0 Å². The zero-order valence-corrected chi connectivity index (χ0v) is 12.6. The molecular formula is C15H21NO3S. The molecule has 0 bridgehead atoms. The molecule has 1 heterocycles. The van der Waals surface area contributed by atoms with Gasteiger partial charge in [0.2, 0.25) is 10.0 Å². The van der Waals surface area contributed by atoms with Crippen LogP contribution in [0.15, 0.2) is 16.5 Å². The van der Waals surface area contributed by atoms with Crippen molar-refractivity contribution < 1.29 is 12.8 Å². The first-order chi connectivity index (χ1) is 9.55. The quantitative estimate of drug-likeness (QED) is 0.811. The second-order valence-electron chi connectivity index (χ2n) is 6.64. The zero-order chi connectivity index (χ0) is 13.9. The van der Waals surface area contributed by atoms with Gasteiger partial charge in [-0.25, -0.2) is 8.42 Å². The Morgan fingerprint density at radius 3 is 2.50 bits per heavy atom. The maximum absolute atomic E-state index is 12.5. The van der Waals surface area contributed by atoms with E-state index in [1.54, 1.807) is 4.31 Å². The van der Waals surface area contributed by atoms with Gasteiger partial charge in [0.25, 0.3) is 0 Å². The van der Waals surface area contributed by atoms with Crippen LogP contribution in [0.3, 0.4) is 0 Å². The van der Waals surface area contributed by atoms with Crippen molar-refractivity contribution in [1.29, 1.82) is 0 Å². The Bertz CT molecular complexity index is 613. The van der Waals surface area contributed by atoms with E-state index < -0.39 is 10.0 Å². The molecule has 20 heavy (non-hydrogen) atoms. The molecule has 110 valence electrons. The minimum Gasteiger partial charge on any atom is -0.464 e. The topological polar surface area (TPSA) is 50.5 Å². The first-order valence-corrected chi connectivity index (χ1v) is 9.15. The highest BCUT2D eigenvalue weighted by molar-refractivity contribution is 7.90. The maximum atomic E-state index is 12.5. The number of rotatable bonds is 6. The molecule has 0 aromatic carbocycles. The highest BCUT2D eigenvalue weighted by Crippen LogP contribution is 2.47. The summed E-state index contributed by atoms with van der Waals surface area (Å²) in [6, 6.07) is 4.20. The molecule has 0 saturated heterocycles. The molecule has 3 aliphatic rings. The van der Waals surface area contributed by atoms with Gasteiger partial charge in [-0.3, -0.25) is 0 Å². The summed E-state index contributed by atoms with van der Waals surface area (Å²) in [6.07, 6.45) is 4.85. The fraction of sp³-hybridized carbons (Fsp3) is 0.733. The first kappa shape index (κ1) is 12.9. The van der Waals surface area contributed by atoms with E-state index in [2.05, 4.69) is 6.92 Å². The minimum absolute atomic E-state index is 0.124. The van der Waals surface area contributed by atoms with Crippen molar-refractivity contribution in [2.45, 2.75) is 62.8 Å². The van der Waals surface area contributed by atoms with Crippen molar-refractivity contribution in [3.63, 3.8) is 0 Å². The smallest absolute Gasteiger partial charge is 0.217 e. The van der Waals surface area contributed by atoms with Gasteiger partial charge < -0.3 is 4.42 Å². The molecule has 1 aromatic rings. The largest absolute Gasteiger partial charge is 0.464 e. The summed E-state index contributed by atoms with van der Waals surface area (Å²) in [6.45, 7) is 2.64. The van der Waals surface area contributed by atoms with Gasteiger partial charge in [-0.05, 0) is 50.2 Å². The Morgan fingerprint density at radius 1 is 1.25 bits per heavy atom. The van der Waals surface area contributed by atoms with Gasteiger partial charge in [0.15, 0.2) is 0 Å². The molecule has 4 rings (SSSR count). The standard InChI is InChI=1S/C15H21NO3S/c1-10-8-14(10)15-7-4-12(19-15)9-16(11-2-3-11)20(17,18)13-5-6-13/h4,7,10-11,13-14H,2-3,5-6,8-9H2,1H3/t10-,14-/m1/s1. The van der Waals surface area contributed by atoms with Crippen molar-refractivity contribution >= 4 is 10.0 Å². The maximum Gasteiger partial charge on any atom is 0.217 e. The predicted molar refractivity (Wildman–Crippen MR) is 75.7 cm³/mol. The highest BCUT2D eigenvalue weighted by atomic mass is 32.2. The van der Waals surface area contributed by atoms with E-state index in [-0.39, 0.29) is 11.3 Å². The van der Waals surface area contributed by atoms with Crippen LogP contribution >= 0.6 is 0 Å². The molecular weight excluding hydrogens is 274 g/mol. The lowest BCUT2D eigenvalue weighted by Crippen LogP contribution is -2.35. The van der Waals surface area contributed by atoms with Crippen LogP contribution in [0, 0.1) is 5.92 Å². The zero-order valence-electron chi connectivity index (χ0n) is 11.8. The lowest BCUT2D eigenvalue weighted by molar-refractivity contribution is 0.347. The summed E-state index contributed by atoms with van der Waals surface area (Å²) in [4.78, 5) is 0. The third kappa shape index (κ3) is 2.31. The molecule has 0 N–H and O–H groups in total. The molecule has 0 radical (unpaired) electrons. The number of sulfonamides is 1. The van der Waals surface area contributed by atoms with Crippen LogP contribution in [0.5, 0.6) is 0 Å². The second-order valence-corrected chi connectivity index (χ2v) is 8.81. The van der Waals surface area contributed by atoms with Crippen molar-refractivity contribution in [3.8, 4) is 0 Å². The average Bonchev–Trinajstić information content (AvgIpc) is 3.24. The second kappa shape index (κ2) is 4.34. The van der Waals surface area contributed by atoms with Gasteiger partial charge in [-0.1, -0.05) is 6.92 Å². The summed E-state index contributed by atoms with van der Waals surface area (Å²) in [5.74, 6) is 3.10. The summed E-state index contributed by atoms with van der Waals surface area (Å²) in [5.41, 5.74) is 0. The Kier molecular flexibility index (Phi) is 2.80. The summed E-state index contributed by atoms with van der Waals surface area (Å²) < 4.78 is 32.5. The van der Waals surface area contributed by atoms with Crippen LogP contribution in [0.4, 0.5) is 0 Å². The summed E-state index contributed by atoms with van der Waals surface area (Å²) in [7, 11) is -3.10. The van der Waals surface area contributed by atoms with E-state index in [9.17, 15) is 8.42 Å². The van der Waals surface area contributed by atoms with Gasteiger partial charge in [-0.2, -0.15) is 4.31 Å². The Balaban J connectivity index is 1.52. The third-order valence-electron chi connectivity index (χ3n) is 4.70. The normalized spacial score (nSPS) is 29.9. The Morgan fingerprint density at radius 2 is 1.95 bits per heavy atom. The lowest BCUT2D eigenvalue weighted by atomic mass is 10.3. The monoisotopic (exact) mass is 295 g/mol. The van der Waals surface area contributed by atoms with E-state index in [4.69, 9.17) is 4.42 Å². The van der Waals surface area contributed by atoms with Gasteiger partial charge in [0.1, 0.15) is 11.5 Å². The summed E-state index contributed by atoms with van der Waals surface area (Å²) >= 11 is 0. The number of furan rings is 1. The van der Waals surface area contributed by atoms with E-state index >= 15 is 0 Å². The molecule has 1 aromatic heterocycles. The van der Waals surface area contributed by atoms with Gasteiger partial charge in [0.05, 0.1) is 11.8 Å². The number of hydrogen-bond acceptors (Lipinski definition) is 3. The van der Waals surface area contributed by atoms with Gasteiger partial charge >= 0.3 is 0 Å². The fourth-order valence-electron chi connectivity index (χ4n) is 2.90. The van der Waals surface area contributed by atoms with E-state index in [1.807, 2.05) is 12.1 Å². The molecule has 4 nitrogen and oxygen atoms in total. The third-order valence-corrected chi connectivity index (χ3v) is 7.09. The summed E-state index contributed by atoms with van der Waals surface area (Å²) in [5, 5.41) is -0.124. The van der Waals surface area contributed by atoms with Gasteiger partial charge in [-0.15, -0.1) is 0 Å². The van der Waals surface area contributed by atoms with E-state index in [0.717, 1.165) is 37.2 Å². The Hall–Kier alpha value is -0.810. The predicted octanol–water partition coefficient (Wildman–Crippen LogP) is 2.86. The molecule has 0 amide bonds. The van der Waals surface area contributed by atoms with Crippen LogP contribution in [-0.2, 0) is 16.6 Å². The van der Waals surface area contributed by atoms with Crippen LogP contribution in [0.2, 0.25) is 0 Å². The lowest BCUT2D eigenvalue weighted by Gasteiger charge is -2.20. The molecule has 3 saturated carbocycles. The first-order valence-electron chi connectivity index (χ1n) is 7.65. The van der Waals surface area contributed by atoms with Crippen LogP contribution < -0.4 is 0 Å². The molecule has 3 fully saturated rings. The molecule has 5 heteroatoms.